The number of hydrogen-bond acceptors (Lipinski definition) is 11. The maximum atomic E-state index is 11.5. The number of carboxylic acid groups (broad SMARTS) is 2. The van der Waals surface area contributed by atoms with E-state index in [1.807, 2.05) is 37.6 Å². The Morgan fingerprint density at radius 2 is 1.26 bits per heavy atom. The largest absolute Gasteiger partial charge is 0.480 e. The van der Waals surface area contributed by atoms with E-state index in [1.54, 1.807) is 9.80 Å². The first-order valence-corrected chi connectivity index (χ1v) is 15.2. The number of aliphatic carboxylic acids is 2. The number of ketones is 1. The van der Waals surface area contributed by atoms with Crippen LogP contribution in [0.15, 0.2) is 0 Å². The fraction of sp³-hybridized carbons (Fsp3) is 0.793. The van der Waals surface area contributed by atoms with Crippen molar-refractivity contribution in [1.29, 1.82) is 0 Å². The lowest BCUT2D eigenvalue weighted by Gasteiger charge is -2.32. The van der Waals surface area contributed by atoms with Gasteiger partial charge >= 0.3 is 11.9 Å². The molecule has 2 fully saturated rings. The molecule has 2 amide bonds. The number of amides is 2. The van der Waals surface area contributed by atoms with Crippen molar-refractivity contribution >= 4 is 35.8 Å². The van der Waals surface area contributed by atoms with Gasteiger partial charge < -0.3 is 20.3 Å². The standard InChI is InChI=1S/C17H30N4O6.C10H18N2O2.C2H6/c1-15(23)12-19-6-8-20(13-16(24)25)4-2-18(10-11-22)3-5-21(9-7-19)14-17(26)27;1-8-7-9(13)12(10(8)14)6-4-3-5-11-2;1-2/h11H,2-10,12-14H2,1H3,(H,24,25)(H,26,27);8,11H,3-7H2,1-2H3;1-2H3. The first-order valence-electron chi connectivity index (χ1n) is 15.2. The molecule has 1 unspecified atom stereocenters. The summed E-state index contributed by atoms with van der Waals surface area (Å²) in [6.07, 6.45) is 3.08. The average Bonchev–Trinajstić information content (AvgIpc) is 3.18. The monoisotopic (exact) mass is 614 g/mol. The smallest absolute Gasteiger partial charge is 0.317 e. The van der Waals surface area contributed by atoms with Gasteiger partial charge in [-0.05, 0) is 33.4 Å². The molecule has 3 N–H and O–H groups in total. The molecule has 2 rings (SSSR count). The molecule has 0 spiro atoms. The molecule has 14 nitrogen and oxygen atoms in total. The third kappa shape index (κ3) is 18.5. The highest BCUT2D eigenvalue weighted by molar-refractivity contribution is 6.03. The number of aldehydes is 1. The number of rotatable bonds is 13. The van der Waals surface area contributed by atoms with E-state index in [4.69, 9.17) is 10.2 Å². The summed E-state index contributed by atoms with van der Waals surface area (Å²) in [6, 6.07) is 0. The minimum Gasteiger partial charge on any atom is -0.480 e. The van der Waals surface area contributed by atoms with Gasteiger partial charge in [0, 0.05) is 71.2 Å². The molecule has 2 aliphatic rings. The summed E-state index contributed by atoms with van der Waals surface area (Å²) in [7, 11) is 1.90. The minimum absolute atomic E-state index is 0.000502. The minimum atomic E-state index is -0.921. The number of likely N-dealkylation sites (tertiary alicyclic amines) is 1. The molecule has 0 aliphatic carbocycles. The summed E-state index contributed by atoms with van der Waals surface area (Å²) in [5.74, 6) is -1.95. The molecule has 1 atom stereocenters. The van der Waals surface area contributed by atoms with Crippen LogP contribution >= 0.6 is 0 Å². The number of hydrogen-bond donors (Lipinski definition) is 3. The molecule has 248 valence electrons. The van der Waals surface area contributed by atoms with Gasteiger partial charge in [-0.15, -0.1) is 0 Å². The third-order valence-corrected chi connectivity index (χ3v) is 6.95. The molecule has 0 bridgehead atoms. The molecule has 14 heteroatoms. The number of Topliss-reactive ketones (excluding diaryl/α,β-unsaturated/α-hetero) is 1. The third-order valence-electron chi connectivity index (χ3n) is 6.95. The van der Waals surface area contributed by atoms with Crippen molar-refractivity contribution in [3.8, 4) is 0 Å². The summed E-state index contributed by atoms with van der Waals surface area (Å²) >= 11 is 0. The highest BCUT2D eigenvalue weighted by Gasteiger charge is 2.34. The van der Waals surface area contributed by atoms with Gasteiger partial charge in [-0.3, -0.25) is 48.5 Å². The molecule has 0 saturated carbocycles. The van der Waals surface area contributed by atoms with Crippen LogP contribution < -0.4 is 5.32 Å². The summed E-state index contributed by atoms with van der Waals surface area (Å²) in [5, 5.41) is 21.3. The van der Waals surface area contributed by atoms with E-state index >= 15 is 0 Å². The van der Waals surface area contributed by atoms with Crippen LogP contribution in [-0.4, -0.2) is 169 Å². The second-order valence-corrected chi connectivity index (χ2v) is 10.6. The maximum Gasteiger partial charge on any atom is 0.317 e. The Morgan fingerprint density at radius 3 is 1.60 bits per heavy atom. The van der Waals surface area contributed by atoms with E-state index in [0.29, 0.717) is 65.3 Å². The number of carbonyl (C=O) groups excluding carboxylic acids is 4. The van der Waals surface area contributed by atoms with Gasteiger partial charge in [-0.25, -0.2) is 0 Å². The Hall–Kier alpha value is -2.78. The summed E-state index contributed by atoms with van der Waals surface area (Å²) in [5.41, 5.74) is 0. The lowest BCUT2D eigenvalue weighted by molar-refractivity contribution is -0.140. The fourth-order valence-corrected chi connectivity index (χ4v) is 4.69. The summed E-state index contributed by atoms with van der Waals surface area (Å²) in [6.45, 7) is 13.1. The summed E-state index contributed by atoms with van der Waals surface area (Å²) < 4.78 is 0. The van der Waals surface area contributed by atoms with Gasteiger partial charge in [0.2, 0.25) is 11.8 Å². The number of nitrogens with zero attached hydrogens (tertiary/aromatic N) is 5. The highest BCUT2D eigenvalue weighted by atomic mass is 16.4. The Morgan fingerprint density at radius 1 is 0.814 bits per heavy atom. The van der Waals surface area contributed by atoms with Crippen LogP contribution in [-0.2, 0) is 28.8 Å². The van der Waals surface area contributed by atoms with Crippen molar-refractivity contribution in [1.82, 2.24) is 29.8 Å². The van der Waals surface area contributed by atoms with Crippen LogP contribution in [0.3, 0.4) is 0 Å². The lowest BCUT2D eigenvalue weighted by Crippen LogP contribution is -2.48. The van der Waals surface area contributed by atoms with Crippen molar-refractivity contribution in [3.63, 3.8) is 0 Å². The average molecular weight is 615 g/mol. The Kier molecular flexibility index (Phi) is 22.1. The normalized spacial score (nSPS) is 19.7. The number of carboxylic acids is 2. The zero-order chi connectivity index (χ0) is 32.8. The molecule has 0 aromatic heterocycles. The van der Waals surface area contributed by atoms with Crippen molar-refractivity contribution < 1.29 is 39.0 Å². The highest BCUT2D eigenvalue weighted by Crippen LogP contribution is 2.18. The number of carbonyl (C=O) groups is 6. The molecule has 2 aliphatic heterocycles. The van der Waals surface area contributed by atoms with Gasteiger partial charge in [0.05, 0.1) is 26.2 Å². The summed E-state index contributed by atoms with van der Waals surface area (Å²) in [4.78, 5) is 76.3. The molecule has 0 aromatic carbocycles. The van der Waals surface area contributed by atoms with Crippen molar-refractivity contribution in [3.05, 3.63) is 0 Å². The number of imide groups is 1. The lowest BCUT2D eigenvalue weighted by atomic mass is 10.1. The quantitative estimate of drug-likeness (QED) is 0.139. The van der Waals surface area contributed by atoms with Crippen molar-refractivity contribution in [2.75, 3.05) is 98.7 Å². The van der Waals surface area contributed by atoms with E-state index in [9.17, 15) is 28.8 Å². The van der Waals surface area contributed by atoms with Gasteiger partial charge in [-0.1, -0.05) is 20.8 Å². The van der Waals surface area contributed by atoms with Gasteiger partial charge in [-0.2, -0.15) is 0 Å². The second-order valence-electron chi connectivity index (χ2n) is 10.6. The van der Waals surface area contributed by atoms with Crippen LogP contribution in [0.2, 0.25) is 0 Å². The molecule has 2 saturated heterocycles. The Bertz CT molecular complexity index is 842. The topological polar surface area (TPSA) is 171 Å². The Balaban J connectivity index is 0.000000922. The van der Waals surface area contributed by atoms with Gasteiger partial charge in [0.1, 0.15) is 12.1 Å². The van der Waals surface area contributed by atoms with Crippen LogP contribution in [0.4, 0.5) is 0 Å². The van der Waals surface area contributed by atoms with Crippen LogP contribution in [0.1, 0.15) is 47.0 Å². The van der Waals surface area contributed by atoms with Crippen LogP contribution in [0, 0.1) is 5.92 Å². The van der Waals surface area contributed by atoms with E-state index in [1.165, 1.54) is 11.8 Å². The number of nitrogens with one attached hydrogen (secondary N) is 1. The van der Waals surface area contributed by atoms with E-state index in [-0.39, 0.29) is 49.7 Å². The second kappa shape index (κ2) is 23.6. The zero-order valence-corrected chi connectivity index (χ0v) is 26.8. The first-order chi connectivity index (χ1) is 20.5. The molecule has 0 radical (unpaired) electrons. The molecular formula is C29H54N6O8. The molecule has 43 heavy (non-hydrogen) atoms. The maximum absolute atomic E-state index is 11.5. The number of unbranched alkanes of at least 4 members (excludes halogenated alkanes) is 1. The fourth-order valence-electron chi connectivity index (χ4n) is 4.69. The van der Waals surface area contributed by atoms with Crippen molar-refractivity contribution in [2.45, 2.75) is 47.0 Å². The molecule has 0 aromatic rings. The molecular weight excluding hydrogens is 560 g/mol. The van der Waals surface area contributed by atoms with Gasteiger partial charge in [0.25, 0.3) is 0 Å². The van der Waals surface area contributed by atoms with E-state index in [0.717, 1.165) is 25.7 Å². The van der Waals surface area contributed by atoms with Gasteiger partial charge in [0.15, 0.2) is 0 Å². The van der Waals surface area contributed by atoms with Crippen LogP contribution in [0.25, 0.3) is 0 Å². The zero-order valence-electron chi connectivity index (χ0n) is 26.8. The van der Waals surface area contributed by atoms with Crippen LogP contribution in [0.5, 0.6) is 0 Å². The SMILES string of the molecule is CC.CC(=O)CN1CCN(CC(=O)O)CCN(CC=O)CCN(CC(=O)O)CC1.CNCCCCN1C(=O)CC(C)C1=O. The predicted octanol–water partition coefficient (Wildman–Crippen LogP) is -0.428. The first kappa shape index (κ1) is 40.2. The molecule has 2 heterocycles. The van der Waals surface area contributed by atoms with E-state index in [2.05, 4.69) is 5.32 Å². The van der Waals surface area contributed by atoms with Crippen molar-refractivity contribution in [2.24, 2.45) is 5.92 Å². The van der Waals surface area contributed by atoms with E-state index < -0.39 is 11.9 Å². The predicted molar refractivity (Wildman–Crippen MR) is 163 cm³/mol. The Labute approximate surface area is 256 Å².